The van der Waals surface area contributed by atoms with Crippen molar-refractivity contribution in [3.8, 4) is 0 Å². The third-order valence-corrected chi connectivity index (χ3v) is 4.24. The van der Waals surface area contributed by atoms with Gasteiger partial charge >= 0.3 is 0 Å². The van der Waals surface area contributed by atoms with Gasteiger partial charge in [0.15, 0.2) is 0 Å². The molecule has 1 aromatic heterocycles. The molecule has 0 bridgehead atoms. The monoisotopic (exact) mass is 282 g/mol. The van der Waals surface area contributed by atoms with Gasteiger partial charge in [0.05, 0.1) is 6.04 Å². The number of nitrogens with one attached hydrogen (secondary N) is 2. The highest BCUT2D eigenvalue weighted by Crippen LogP contribution is 2.33. The summed E-state index contributed by atoms with van der Waals surface area (Å²) in [5.74, 6) is 0.493. The van der Waals surface area contributed by atoms with Gasteiger partial charge in [-0.3, -0.25) is 4.79 Å². The quantitative estimate of drug-likeness (QED) is 0.894. The number of fused-ring (bicyclic) bond motifs is 1. The first kappa shape index (κ1) is 13.9. The van der Waals surface area contributed by atoms with Crippen molar-refractivity contribution in [2.24, 2.45) is 0 Å². The van der Waals surface area contributed by atoms with Gasteiger partial charge in [-0.25, -0.2) is 0 Å². The standard InChI is InChI=1S/C18H22N2O/c1-12(2)13-6-3-4-7-15(13)19-16-8-5-9-17-14(16)10-11-18(21)20-17/h3-4,6-7,10-12,16,19H,5,8-9H2,1-2H3,(H,20,21). The number of hydrogen-bond acceptors (Lipinski definition) is 2. The number of anilines is 1. The molecular weight excluding hydrogens is 260 g/mol. The second-order valence-electron chi connectivity index (χ2n) is 6.09. The summed E-state index contributed by atoms with van der Waals surface area (Å²) >= 11 is 0. The molecule has 1 unspecified atom stereocenters. The highest BCUT2D eigenvalue weighted by Gasteiger charge is 2.21. The van der Waals surface area contributed by atoms with Crippen molar-refractivity contribution in [2.75, 3.05) is 5.32 Å². The van der Waals surface area contributed by atoms with Crippen molar-refractivity contribution >= 4 is 5.69 Å². The molecule has 3 rings (SSSR count). The second-order valence-corrected chi connectivity index (χ2v) is 6.09. The Morgan fingerprint density at radius 3 is 2.81 bits per heavy atom. The Morgan fingerprint density at radius 1 is 1.19 bits per heavy atom. The fraction of sp³-hybridized carbons (Fsp3) is 0.389. The van der Waals surface area contributed by atoms with E-state index in [-0.39, 0.29) is 11.6 Å². The van der Waals surface area contributed by atoms with Gasteiger partial charge in [-0.2, -0.15) is 0 Å². The number of hydrogen-bond donors (Lipinski definition) is 2. The van der Waals surface area contributed by atoms with Crippen LogP contribution in [0.15, 0.2) is 41.2 Å². The first-order valence-electron chi connectivity index (χ1n) is 7.72. The molecule has 1 aliphatic carbocycles. The molecular formula is C18H22N2O. The molecule has 0 aliphatic heterocycles. The van der Waals surface area contributed by atoms with E-state index in [4.69, 9.17) is 0 Å². The lowest BCUT2D eigenvalue weighted by atomic mass is 9.90. The Hall–Kier alpha value is -2.03. The Bertz CT molecular complexity index is 688. The lowest BCUT2D eigenvalue weighted by Gasteiger charge is -2.28. The topological polar surface area (TPSA) is 44.9 Å². The molecule has 1 aliphatic rings. The first-order chi connectivity index (χ1) is 10.1. The average molecular weight is 282 g/mol. The van der Waals surface area contributed by atoms with Gasteiger partial charge in [-0.05, 0) is 48.4 Å². The maximum atomic E-state index is 11.5. The summed E-state index contributed by atoms with van der Waals surface area (Å²) in [5.41, 5.74) is 4.87. The molecule has 1 atom stereocenters. The van der Waals surface area contributed by atoms with Crippen LogP contribution in [0, 0.1) is 0 Å². The number of H-pyrrole nitrogens is 1. The number of para-hydroxylation sites is 1. The smallest absolute Gasteiger partial charge is 0.248 e. The normalized spacial score (nSPS) is 17.6. The van der Waals surface area contributed by atoms with E-state index < -0.39 is 0 Å². The van der Waals surface area contributed by atoms with E-state index in [9.17, 15) is 4.79 Å². The zero-order valence-corrected chi connectivity index (χ0v) is 12.6. The molecule has 21 heavy (non-hydrogen) atoms. The Balaban J connectivity index is 1.92. The van der Waals surface area contributed by atoms with Crippen molar-refractivity contribution in [1.82, 2.24) is 4.98 Å². The summed E-state index contributed by atoms with van der Waals surface area (Å²) in [7, 11) is 0. The first-order valence-corrected chi connectivity index (χ1v) is 7.72. The average Bonchev–Trinajstić information content (AvgIpc) is 2.47. The number of rotatable bonds is 3. The molecule has 0 saturated heterocycles. The van der Waals surface area contributed by atoms with Crippen LogP contribution in [0.25, 0.3) is 0 Å². The summed E-state index contributed by atoms with van der Waals surface area (Å²) in [6.07, 6.45) is 3.18. The second kappa shape index (κ2) is 5.76. The molecule has 3 nitrogen and oxygen atoms in total. The highest BCUT2D eigenvalue weighted by molar-refractivity contribution is 5.54. The minimum Gasteiger partial charge on any atom is -0.378 e. The predicted molar refractivity (Wildman–Crippen MR) is 86.9 cm³/mol. The van der Waals surface area contributed by atoms with Crippen LogP contribution in [-0.2, 0) is 6.42 Å². The Kier molecular flexibility index (Phi) is 3.82. The van der Waals surface area contributed by atoms with Gasteiger partial charge in [0.2, 0.25) is 5.56 Å². The Morgan fingerprint density at radius 2 is 2.00 bits per heavy atom. The van der Waals surface area contributed by atoms with E-state index in [1.54, 1.807) is 6.07 Å². The molecule has 3 heteroatoms. The predicted octanol–water partition coefficient (Wildman–Crippen LogP) is 3.99. The molecule has 2 N–H and O–H groups in total. The van der Waals surface area contributed by atoms with E-state index in [2.05, 4.69) is 48.4 Å². The molecule has 1 heterocycles. The van der Waals surface area contributed by atoms with Crippen molar-refractivity contribution in [3.05, 3.63) is 63.6 Å². The van der Waals surface area contributed by atoms with E-state index in [0.717, 1.165) is 25.0 Å². The van der Waals surface area contributed by atoms with E-state index in [1.807, 2.05) is 6.07 Å². The maximum absolute atomic E-state index is 11.5. The van der Waals surface area contributed by atoms with Gasteiger partial charge in [0, 0.05) is 17.4 Å². The van der Waals surface area contributed by atoms with Gasteiger partial charge in [0.1, 0.15) is 0 Å². The summed E-state index contributed by atoms with van der Waals surface area (Å²) < 4.78 is 0. The third kappa shape index (κ3) is 2.87. The molecule has 110 valence electrons. The minimum atomic E-state index is -0.00280. The van der Waals surface area contributed by atoms with E-state index in [1.165, 1.54) is 16.8 Å². The summed E-state index contributed by atoms with van der Waals surface area (Å²) in [4.78, 5) is 14.5. The fourth-order valence-electron chi connectivity index (χ4n) is 3.17. The van der Waals surface area contributed by atoms with Crippen LogP contribution < -0.4 is 10.9 Å². The van der Waals surface area contributed by atoms with Gasteiger partial charge < -0.3 is 10.3 Å². The van der Waals surface area contributed by atoms with Crippen LogP contribution in [0.3, 0.4) is 0 Å². The molecule has 1 aromatic carbocycles. The number of aromatic nitrogens is 1. The molecule has 2 aromatic rings. The lowest BCUT2D eigenvalue weighted by molar-refractivity contribution is 0.586. The summed E-state index contributed by atoms with van der Waals surface area (Å²) in [6.45, 7) is 4.43. The van der Waals surface area contributed by atoms with E-state index in [0.29, 0.717) is 5.92 Å². The zero-order chi connectivity index (χ0) is 14.8. The molecule has 0 fully saturated rings. The fourth-order valence-corrected chi connectivity index (χ4v) is 3.17. The number of aryl methyl sites for hydroxylation is 1. The van der Waals surface area contributed by atoms with Crippen LogP contribution in [0.2, 0.25) is 0 Å². The SMILES string of the molecule is CC(C)c1ccccc1NC1CCCc2[nH]c(=O)ccc21. The maximum Gasteiger partial charge on any atom is 0.248 e. The summed E-state index contributed by atoms with van der Waals surface area (Å²) in [6, 6.07) is 12.4. The van der Waals surface area contributed by atoms with Crippen LogP contribution in [-0.4, -0.2) is 4.98 Å². The van der Waals surface area contributed by atoms with Gasteiger partial charge in [-0.15, -0.1) is 0 Å². The van der Waals surface area contributed by atoms with E-state index >= 15 is 0 Å². The number of benzene rings is 1. The van der Waals surface area contributed by atoms with Crippen molar-refractivity contribution in [1.29, 1.82) is 0 Å². The van der Waals surface area contributed by atoms with Crippen LogP contribution >= 0.6 is 0 Å². The lowest BCUT2D eigenvalue weighted by Crippen LogP contribution is -2.22. The van der Waals surface area contributed by atoms with Crippen molar-refractivity contribution in [3.63, 3.8) is 0 Å². The highest BCUT2D eigenvalue weighted by atomic mass is 16.1. The molecule has 0 radical (unpaired) electrons. The minimum absolute atomic E-state index is 0.00280. The number of pyridine rings is 1. The summed E-state index contributed by atoms with van der Waals surface area (Å²) in [5, 5.41) is 3.68. The van der Waals surface area contributed by atoms with Crippen molar-refractivity contribution < 1.29 is 0 Å². The van der Waals surface area contributed by atoms with Crippen LogP contribution in [0.1, 0.15) is 55.5 Å². The number of aromatic amines is 1. The third-order valence-electron chi connectivity index (χ3n) is 4.24. The largest absolute Gasteiger partial charge is 0.378 e. The Labute approximate surface area is 125 Å². The van der Waals surface area contributed by atoms with Gasteiger partial charge in [0.25, 0.3) is 0 Å². The van der Waals surface area contributed by atoms with Crippen LogP contribution in [0.5, 0.6) is 0 Å². The molecule has 0 saturated carbocycles. The van der Waals surface area contributed by atoms with Gasteiger partial charge in [-0.1, -0.05) is 32.0 Å². The zero-order valence-electron chi connectivity index (χ0n) is 12.6. The van der Waals surface area contributed by atoms with Crippen LogP contribution in [0.4, 0.5) is 5.69 Å². The van der Waals surface area contributed by atoms with Crippen molar-refractivity contribution in [2.45, 2.75) is 45.1 Å². The molecule has 0 spiro atoms. The molecule has 0 amide bonds.